The summed E-state index contributed by atoms with van der Waals surface area (Å²) in [6.07, 6.45) is 7.95. The summed E-state index contributed by atoms with van der Waals surface area (Å²) in [6.45, 7) is 0. The fraction of sp³-hybridized carbons (Fsp3) is 0.167. The number of hydrogen-bond donors (Lipinski definition) is 1. The van der Waals surface area contributed by atoms with E-state index in [0.29, 0.717) is 4.22 Å². The van der Waals surface area contributed by atoms with Crippen molar-refractivity contribution in [1.82, 2.24) is 0 Å². The van der Waals surface area contributed by atoms with Crippen molar-refractivity contribution in [2.75, 3.05) is 0 Å². The molecule has 1 aliphatic carbocycles. The van der Waals surface area contributed by atoms with Crippen LogP contribution in [0.2, 0.25) is 4.22 Å². The van der Waals surface area contributed by atoms with Crippen LogP contribution >= 0.6 is 0 Å². The summed E-state index contributed by atoms with van der Waals surface area (Å²) < 4.78 is 0.263. The second kappa shape index (κ2) is 2.99. The van der Waals surface area contributed by atoms with E-state index in [-0.39, 0.29) is 4.21 Å². The van der Waals surface area contributed by atoms with Crippen LogP contribution < -0.4 is 5.73 Å². The fourth-order valence-corrected chi connectivity index (χ4v) is 1.85. The molecule has 0 atom stereocenters. The van der Waals surface area contributed by atoms with Crippen molar-refractivity contribution in [2.24, 2.45) is 5.73 Å². The molecule has 1 amide bonds. The summed E-state index contributed by atoms with van der Waals surface area (Å²) in [4.78, 5) is 10.4. The molecule has 0 saturated heterocycles. The Morgan fingerprint density at radius 1 is 1.44 bits per heavy atom. The van der Waals surface area contributed by atoms with E-state index in [1.165, 1.54) is 0 Å². The van der Waals surface area contributed by atoms with Crippen molar-refractivity contribution < 1.29 is 23.9 Å². The van der Waals surface area contributed by atoms with Crippen molar-refractivity contribution in [3.8, 4) is 0 Å². The number of carbonyl (C=O) groups excluding carboxylic acids is 1. The van der Waals surface area contributed by atoms with E-state index in [2.05, 4.69) is 0 Å². The minimum absolute atomic E-state index is 0.115. The first-order valence-electron chi connectivity index (χ1n) is 2.70. The molecule has 0 heterocycles. The molecule has 1 rings (SSSR count). The van der Waals surface area contributed by atoms with E-state index in [9.17, 15) is 4.79 Å². The summed E-state index contributed by atoms with van der Waals surface area (Å²) in [5, 5.41) is 0. The minimum atomic E-state index is -0.597. The summed E-state index contributed by atoms with van der Waals surface area (Å²) >= 11 is -0.597. The zero-order valence-electron chi connectivity index (χ0n) is 4.87. The van der Waals surface area contributed by atoms with Gasteiger partial charge in [0.2, 0.25) is 0 Å². The van der Waals surface area contributed by atoms with E-state index < -0.39 is 19.2 Å². The normalized spacial score (nSPS) is 16.4. The van der Waals surface area contributed by atoms with Gasteiger partial charge in [-0.1, -0.05) is 0 Å². The fourth-order valence-electron chi connectivity index (χ4n) is 0.692. The molecule has 46 valence electrons. The van der Waals surface area contributed by atoms with Gasteiger partial charge < -0.3 is 0 Å². The van der Waals surface area contributed by atoms with Crippen LogP contribution in [-0.4, -0.2) is 4.21 Å². The van der Waals surface area contributed by atoms with Gasteiger partial charge in [-0.05, 0) is 0 Å². The first kappa shape index (κ1) is 6.78. The van der Waals surface area contributed by atoms with E-state index in [4.69, 9.17) is 5.73 Å². The predicted octanol–water partition coefficient (Wildman–Crippen LogP) is 1.06. The third-order valence-corrected chi connectivity index (χ3v) is 2.62. The molecule has 1 aliphatic rings. The third-order valence-electron chi connectivity index (χ3n) is 1.06. The quantitative estimate of drug-likeness (QED) is 0.598. The number of rotatable bonds is 2. The van der Waals surface area contributed by atoms with Crippen LogP contribution in [0.1, 0.15) is 0 Å². The molecule has 0 aliphatic heterocycles. The zero-order valence-corrected chi connectivity index (χ0v) is 6.43. The molecule has 9 heavy (non-hydrogen) atoms. The Morgan fingerprint density at radius 2 is 2.00 bits per heavy atom. The van der Waals surface area contributed by atoms with Gasteiger partial charge in [-0.2, -0.15) is 0 Å². The van der Waals surface area contributed by atoms with Gasteiger partial charge in [0.25, 0.3) is 0 Å². The topological polar surface area (TPSA) is 43.1 Å². The summed E-state index contributed by atoms with van der Waals surface area (Å²) in [5.41, 5.74) is 5.02. The van der Waals surface area contributed by atoms with Crippen molar-refractivity contribution in [1.29, 1.82) is 0 Å². The maximum atomic E-state index is 10.4. The zero-order chi connectivity index (χ0) is 6.69. The van der Waals surface area contributed by atoms with Crippen LogP contribution in [-0.2, 0) is 19.2 Å². The van der Waals surface area contributed by atoms with Crippen LogP contribution in [0.4, 0.5) is 4.79 Å². The van der Waals surface area contributed by atoms with Gasteiger partial charge in [0.05, 0.1) is 0 Å². The van der Waals surface area contributed by atoms with Gasteiger partial charge in [0.15, 0.2) is 0 Å². The Balaban J connectivity index is 2.37. The first-order valence-corrected chi connectivity index (χ1v) is 4.38. The van der Waals surface area contributed by atoms with Crippen LogP contribution in [0.5, 0.6) is 0 Å². The number of carbonyl (C=O) groups is 1. The standard InChI is InChI=1S/C5H5.CH2NO.Ti/c1-2-4-5-3-1;2-1-3;/h1-5H;(H2,2,3);. The monoisotopic (exact) mass is 157 g/mol. The molecule has 0 aromatic carbocycles. The Bertz CT molecular complexity index is 162. The average Bonchev–Trinajstić information content (AvgIpc) is 2.15. The second-order valence-electron chi connectivity index (χ2n) is 1.80. The first-order chi connectivity index (χ1) is 4.29. The van der Waals surface area contributed by atoms with Crippen molar-refractivity contribution in [3.05, 3.63) is 24.3 Å². The Kier molecular flexibility index (Phi) is 2.25. The van der Waals surface area contributed by atoms with Gasteiger partial charge in [0.1, 0.15) is 0 Å². The molecule has 0 saturated carbocycles. The average molecular weight is 157 g/mol. The van der Waals surface area contributed by atoms with E-state index >= 15 is 0 Å². The van der Waals surface area contributed by atoms with Gasteiger partial charge in [-0.3, -0.25) is 0 Å². The van der Waals surface area contributed by atoms with E-state index in [1.54, 1.807) is 0 Å². The van der Waals surface area contributed by atoms with Crippen molar-refractivity contribution in [3.63, 3.8) is 0 Å². The van der Waals surface area contributed by atoms with Crippen molar-refractivity contribution in [2.45, 2.75) is 4.22 Å². The molecular weight excluding hydrogens is 150 g/mol. The van der Waals surface area contributed by atoms with Gasteiger partial charge in [-0.15, -0.1) is 0 Å². The molecule has 0 aromatic rings. The molecule has 0 bridgehead atoms. The molecule has 0 spiro atoms. The molecule has 0 fully saturated rings. The number of nitrogens with two attached hydrogens (primary N) is 1. The van der Waals surface area contributed by atoms with Crippen molar-refractivity contribution >= 4 is 4.21 Å². The predicted molar refractivity (Wildman–Crippen MR) is 31.6 cm³/mol. The van der Waals surface area contributed by atoms with Gasteiger partial charge in [0, 0.05) is 0 Å². The molecule has 0 aromatic heterocycles. The summed E-state index contributed by atoms with van der Waals surface area (Å²) in [5.74, 6) is 0. The number of primary amides is 1. The Hall–Kier alpha value is -0.336. The molecule has 0 radical (unpaired) electrons. The molecule has 3 heteroatoms. The summed E-state index contributed by atoms with van der Waals surface area (Å²) in [7, 11) is 0. The van der Waals surface area contributed by atoms with Crippen LogP contribution in [0.25, 0.3) is 0 Å². The second-order valence-corrected chi connectivity index (χ2v) is 4.07. The van der Waals surface area contributed by atoms with Crippen LogP contribution in [0, 0.1) is 0 Å². The van der Waals surface area contributed by atoms with Crippen LogP contribution in [0.15, 0.2) is 24.3 Å². The number of hydrogen-bond acceptors (Lipinski definition) is 1. The van der Waals surface area contributed by atoms with Gasteiger partial charge in [-0.25, -0.2) is 0 Å². The van der Waals surface area contributed by atoms with Gasteiger partial charge >= 0.3 is 62.4 Å². The summed E-state index contributed by atoms with van der Waals surface area (Å²) in [6, 6.07) is 0. The molecule has 2 N–H and O–H groups in total. The SMILES string of the molecule is N[C](=O)[Ti][CH]1C=CC=C1. The molecule has 2 nitrogen and oxygen atoms in total. The van der Waals surface area contributed by atoms with E-state index in [0.717, 1.165) is 0 Å². The van der Waals surface area contributed by atoms with Crippen LogP contribution in [0.3, 0.4) is 0 Å². The molecule has 0 unspecified atom stereocenters. The number of amides is 1. The third kappa shape index (κ3) is 2.16. The Labute approximate surface area is 62.7 Å². The van der Waals surface area contributed by atoms with E-state index in [1.807, 2.05) is 24.3 Å². The molecular formula is C6H7NOTi. The number of allylic oxidation sites excluding steroid dienone is 4. The Morgan fingerprint density at radius 3 is 2.44 bits per heavy atom. The maximum absolute atomic E-state index is 10.4.